The third-order valence-electron chi connectivity index (χ3n) is 3.27. The molecule has 1 fully saturated rings. The summed E-state index contributed by atoms with van der Waals surface area (Å²) in [7, 11) is 0. The fraction of sp³-hybridized carbons (Fsp3) is 0.462. The molecule has 2 N–H and O–H groups in total. The maximum absolute atomic E-state index is 12.0. The van der Waals surface area contributed by atoms with Crippen molar-refractivity contribution in [3.05, 3.63) is 28.2 Å². The van der Waals surface area contributed by atoms with Gasteiger partial charge in [-0.25, -0.2) is 0 Å². The van der Waals surface area contributed by atoms with E-state index in [1.165, 1.54) is 0 Å². The molecule has 1 aromatic rings. The van der Waals surface area contributed by atoms with E-state index in [1.54, 1.807) is 0 Å². The average molecular weight is 297 g/mol. The maximum Gasteiger partial charge on any atom is 0.225 e. The van der Waals surface area contributed by atoms with Gasteiger partial charge in [0.25, 0.3) is 0 Å². The minimum Gasteiger partial charge on any atom is -0.398 e. The van der Waals surface area contributed by atoms with E-state index < -0.39 is 0 Å². The fourth-order valence-electron chi connectivity index (χ4n) is 2.21. The van der Waals surface area contributed by atoms with Gasteiger partial charge in [0.1, 0.15) is 0 Å². The van der Waals surface area contributed by atoms with Gasteiger partial charge in [0.2, 0.25) is 5.91 Å². The van der Waals surface area contributed by atoms with Crippen molar-refractivity contribution in [3.8, 4) is 0 Å². The molecule has 17 heavy (non-hydrogen) atoms. The largest absolute Gasteiger partial charge is 0.398 e. The third-order valence-corrected chi connectivity index (χ3v) is 3.76. The van der Waals surface area contributed by atoms with Crippen molar-refractivity contribution in [2.75, 3.05) is 12.3 Å². The first-order valence-corrected chi connectivity index (χ1v) is 6.70. The number of hydrogen-bond acceptors (Lipinski definition) is 2. The highest BCUT2D eigenvalue weighted by Gasteiger charge is 2.25. The van der Waals surface area contributed by atoms with Crippen LogP contribution < -0.4 is 5.73 Å². The van der Waals surface area contributed by atoms with Gasteiger partial charge in [0.15, 0.2) is 0 Å². The Balaban J connectivity index is 2.12. The van der Waals surface area contributed by atoms with Crippen LogP contribution >= 0.6 is 15.9 Å². The number of likely N-dealkylation sites (tertiary alicyclic amines) is 1. The van der Waals surface area contributed by atoms with E-state index in [9.17, 15) is 4.79 Å². The highest BCUT2D eigenvalue weighted by atomic mass is 79.9. The van der Waals surface area contributed by atoms with Gasteiger partial charge < -0.3 is 10.6 Å². The fourth-order valence-corrected chi connectivity index (χ4v) is 2.58. The van der Waals surface area contributed by atoms with Crippen LogP contribution in [0.15, 0.2) is 22.7 Å². The predicted molar refractivity (Wildman–Crippen MR) is 72.4 cm³/mol. The normalized spacial score (nSPS) is 20.7. The van der Waals surface area contributed by atoms with Gasteiger partial charge in [-0.2, -0.15) is 0 Å². The Morgan fingerprint density at radius 3 is 3.00 bits per heavy atom. The van der Waals surface area contributed by atoms with Crippen LogP contribution in [0, 0.1) is 5.92 Å². The lowest BCUT2D eigenvalue weighted by Crippen LogP contribution is -2.39. The van der Waals surface area contributed by atoms with Crippen molar-refractivity contribution < 1.29 is 4.79 Å². The third kappa shape index (κ3) is 2.80. The Bertz CT molecular complexity index is 433. The molecule has 92 valence electrons. The van der Waals surface area contributed by atoms with Crippen LogP contribution in [0.25, 0.3) is 0 Å². The molecular weight excluding hydrogens is 280 g/mol. The molecule has 0 spiro atoms. The molecule has 1 amide bonds. The molecule has 4 heteroatoms. The monoisotopic (exact) mass is 296 g/mol. The Morgan fingerprint density at radius 2 is 2.29 bits per heavy atom. The highest BCUT2D eigenvalue weighted by Crippen LogP contribution is 2.23. The number of halogens is 1. The van der Waals surface area contributed by atoms with E-state index in [0.717, 1.165) is 35.1 Å². The average Bonchev–Trinajstić information content (AvgIpc) is 2.28. The molecule has 1 aliphatic heterocycles. The molecule has 1 aliphatic rings. The van der Waals surface area contributed by atoms with Crippen molar-refractivity contribution in [2.45, 2.75) is 26.3 Å². The lowest BCUT2D eigenvalue weighted by molar-refractivity contribution is -0.138. The smallest absolute Gasteiger partial charge is 0.225 e. The van der Waals surface area contributed by atoms with Gasteiger partial charge in [-0.1, -0.05) is 28.9 Å². The highest BCUT2D eigenvalue weighted by molar-refractivity contribution is 9.10. The topological polar surface area (TPSA) is 46.3 Å². The second-order valence-electron chi connectivity index (χ2n) is 4.65. The summed E-state index contributed by atoms with van der Waals surface area (Å²) in [5.74, 6) is 0.402. The first kappa shape index (κ1) is 12.4. The lowest BCUT2D eigenvalue weighted by atomic mass is 9.98. The number of nitrogen functional groups attached to an aromatic ring is 1. The number of benzene rings is 1. The molecular formula is C13H17BrN2O. The van der Waals surface area contributed by atoms with Gasteiger partial charge in [0, 0.05) is 29.2 Å². The van der Waals surface area contributed by atoms with E-state index in [4.69, 9.17) is 5.73 Å². The van der Waals surface area contributed by atoms with Crippen LogP contribution in [-0.4, -0.2) is 17.4 Å². The van der Waals surface area contributed by atoms with Gasteiger partial charge in [-0.05, 0) is 30.5 Å². The van der Waals surface area contributed by atoms with E-state index in [2.05, 4.69) is 15.9 Å². The lowest BCUT2D eigenvalue weighted by Gasteiger charge is -2.31. The minimum atomic E-state index is 0.153. The van der Waals surface area contributed by atoms with Crippen LogP contribution in [0.3, 0.4) is 0 Å². The number of piperidine rings is 1. The number of carbonyl (C=O) groups excluding carboxylic acids is 1. The molecule has 1 atom stereocenters. The molecule has 0 radical (unpaired) electrons. The zero-order valence-corrected chi connectivity index (χ0v) is 11.5. The predicted octanol–water partition coefficient (Wildman–Crippen LogP) is 2.79. The van der Waals surface area contributed by atoms with Gasteiger partial charge in [-0.15, -0.1) is 0 Å². The molecule has 1 saturated heterocycles. The van der Waals surface area contributed by atoms with Crippen LogP contribution in [0.1, 0.15) is 25.3 Å². The molecule has 0 aliphatic carbocycles. The van der Waals surface area contributed by atoms with E-state index >= 15 is 0 Å². The van der Waals surface area contributed by atoms with E-state index in [0.29, 0.717) is 6.54 Å². The van der Waals surface area contributed by atoms with E-state index in [-0.39, 0.29) is 11.8 Å². The summed E-state index contributed by atoms with van der Waals surface area (Å²) in [6, 6.07) is 5.82. The molecule has 1 unspecified atom stereocenters. The van der Waals surface area contributed by atoms with Crippen LogP contribution in [0.5, 0.6) is 0 Å². The van der Waals surface area contributed by atoms with Crippen molar-refractivity contribution in [2.24, 2.45) is 5.92 Å². The minimum absolute atomic E-state index is 0.153. The zero-order chi connectivity index (χ0) is 12.4. The number of amides is 1. The summed E-state index contributed by atoms with van der Waals surface area (Å²) in [5.41, 5.74) is 7.72. The summed E-state index contributed by atoms with van der Waals surface area (Å²) < 4.78 is 0.970. The van der Waals surface area contributed by atoms with Crippen molar-refractivity contribution in [3.63, 3.8) is 0 Å². The standard InChI is InChI=1S/C13H17BrN2O/c1-9-3-2-6-16(13(9)17)8-10-4-5-11(14)7-12(10)15/h4-5,7,9H,2-3,6,8,15H2,1H3. The van der Waals surface area contributed by atoms with Crippen LogP contribution in [-0.2, 0) is 11.3 Å². The molecule has 1 aromatic carbocycles. The molecule has 0 saturated carbocycles. The van der Waals surface area contributed by atoms with Crippen LogP contribution in [0.4, 0.5) is 5.69 Å². The summed E-state index contributed by atoms with van der Waals surface area (Å²) in [5, 5.41) is 0. The Labute approximate surface area is 110 Å². The Morgan fingerprint density at radius 1 is 1.53 bits per heavy atom. The number of anilines is 1. The number of rotatable bonds is 2. The zero-order valence-electron chi connectivity index (χ0n) is 9.95. The van der Waals surface area contributed by atoms with Gasteiger partial charge in [0.05, 0.1) is 0 Å². The van der Waals surface area contributed by atoms with Crippen LogP contribution in [0.2, 0.25) is 0 Å². The maximum atomic E-state index is 12.0. The SMILES string of the molecule is CC1CCCN(Cc2ccc(Br)cc2N)C1=O. The summed E-state index contributed by atoms with van der Waals surface area (Å²) in [6.07, 6.45) is 2.09. The molecule has 0 bridgehead atoms. The van der Waals surface area contributed by atoms with Crippen molar-refractivity contribution in [1.29, 1.82) is 0 Å². The van der Waals surface area contributed by atoms with Crippen molar-refractivity contribution >= 4 is 27.5 Å². The first-order chi connectivity index (χ1) is 8.08. The molecule has 3 nitrogen and oxygen atoms in total. The summed E-state index contributed by atoms with van der Waals surface area (Å²) in [4.78, 5) is 13.9. The number of nitrogens with zero attached hydrogens (tertiary/aromatic N) is 1. The number of carbonyl (C=O) groups is 1. The first-order valence-electron chi connectivity index (χ1n) is 5.90. The summed E-state index contributed by atoms with van der Waals surface area (Å²) in [6.45, 7) is 3.47. The van der Waals surface area contributed by atoms with E-state index in [1.807, 2.05) is 30.0 Å². The summed E-state index contributed by atoms with van der Waals surface area (Å²) >= 11 is 3.38. The quantitative estimate of drug-likeness (QED) is 0.853. The van der Waals surface area contributed by atoms with Gasteiger partial charge >= 0.3 is 0 Å². The molecule has 2 rings (SSSR count). The Hall–Kier alpha value is -1.03. The molecule has 0 aromatic heterocycles. The van der Waals surface area contributed by atoms with Gasteiger partial charge in [-0.3, -0.25) is 4.79 Å². The Kier molecular flexibility index (Phi) is 3.72. The second kappa shape index (κ2) is 5.08. The van der Waals surface area contributed by atoms with Crippen molar-refractivity contribution in [1.82, 2.24) is 4.90 Å². The number of nitrogens with two attached hydrogens (primary N) is 1. The number of hydrogen-bond donors (Lipinski definition) is 1. The molecule has 1 heterocycles. The second-order valence-corrected chi connectivity index (χ2v) is 5.56.